The Bertz CT molecular complexity index is 1430. The van der Waals surface area contributed by atoms with Crippen LogP contribution in [-0.4, -0.2) is 36.6 Å². The Morgan fingerprint density at radius 2 is 1.76 bits per heavy atom. The Balaban J connectivity index is 1.37. The molecule has 0 aliphatic heterocycles. The van der Waals surface area contributed by atoms with Gasteiger partial charge in [0.05, 0.1) is 17.1 Å². The molecule has 7 nitrogen and oxygen atoms in total. The Kier molecular flexibility index (Phi) is 6.01. The molecule has 2 heterocycles. The molecule has 5 rings (SSSR count). The van der Waals surface area contributed by atoms with E-state index in [2.05, 4.69) is 25.6 Å². The second-order valence-electron chi connectivity index (χ2n) is 7.10. The molecule has 5 aromatic rings. The lowest BCUT2D eigenvalue weighted by molar-refractivity contribution is -0.113. The van der Waals surface area contributed by atoms with E-state index in [4.69, 9.17) is 11.6 Å². The summed E-state index contributed by atoms with van der Waals surface area (Å²) in [5.74, 6) is -0.0335. The van der Waals surface area contributed by atoms with Crippen molar-refractivity contribution in [3.8, 4) is 16.9 Å². The van der Waals surface area contributed by atoms with Crippen LogP contribution in [0.15, 0.2) is 90.5 Å². The van der Waals surface area contributed by atoms with Crippen LogP contribution in [0.25, 0.3) is 27.7 Å². The van der Waals surface area contributed by atoms with Crippen molar-refractivity contribution in [1.82, 2.24) is 25.0 Å². The molecule has 1 N–H and O–H groups in total. The summed E-state index contributed by atoms with van der Waals surface area (Å²) in [5, 5.41) is 19.1. The summed E-state index contributed by atoms with van der Waals surface area (Å²) in [5.41, 5.74) is 3.04. The highest BCUT2D eigenvalue weighted by Gasteiger charge is 2.14. The highest BCUT2D eigenvalue weighted by Crippen LogP contribution is 2.32. The summed E-state index contributed by atoms with van der Waals surface area (Å²) >= 11 is 7.48. The number of hydrogen-bond donors (Lipinski definition) is 1. The average molecular weight is 473 g/mol. The van der Waals surface area contributed by atoms with E-state index >= 15 is 0 Å². The number of carbonyl (C=O) groups is 1. The van der Waals surface area contributed by atoms with Gasteiger partial charge in [-0.15, -0.1) is 10.2 Å². The maximum atomic E-state index is 12.8. The van der Waals surface area contributed by atoms with Crippen LogP contribution in [-0.2, 0) is 4.79 Å². The van der Waals surface area contributed by atoms with Crippen molar-refractivity contribution in [2.24, 2.45) is 0 Å². The van der Waals surface area contributed by atoms with Crippen molar-refractivity contribution < 1.29 is 4.79 Å². The lowest BCUT2D eigenvalue weighted by Crippen LogP contribution is -2.16. The molecule has 0 bridgehead atoms. The van der Waals surface area contributed by atoms with Gasteiger partial charge in [-0.2, -0.15) is 5.10 Å². The van der Waals surface area contributed by atoms with Gasteiger partial charge in [-0.25, -0.2) is 9.67 Å². The number of nitrogens with zero attached hydrogens (tertiary/aromatic N) is 5. The molecule has 33 heavy (non-hydrogen) atoms. The fourth-order valence-electron chi connectivity index (χ4n) is 3.46. The third-order valence-corrected chi connectivity index (χ3v) is 6.16. The molecule has 3 aromatic carbocycles. The van der Waals surface area contributed by atoms with Gasteiger partial charge in [0.1, 0.15) is 23.4 Å². The molecule has 1 amide bonds. The zero-order chi connectivity index (χ0) is 22.6. The Labute approximate surface area is 198 Å². The van der Waals surface area contributed by atoms with E-state index in [1.807, 2.05) is 54.6 Å². The molecule has 0 saturated heterocycles. The minimum Gasteiger partial charge on any atom is -0.323 e. The van der Waals surface area contributed by atoms with Gasteiger partial charge in [-0.05, 0) is 18.2 Å². The van der Waals surface area contributed by atoms with Crippen LogP contribution >= 0.6 is 23.4 Å². The first-order chi connectivity index (χ1) is 16.2. The number of thioether (sulfide) groups is 1. The fourth-order valence-corrected chi connectivity index (χ4v) is 4.40. The number of benzene rings is 3. The number of aromatic nitrogens is 5. The molecule has 9 heteroatoms. The number of halogens is 1. The van der Waals surface area contributed by atoms with Crippen molar-refractivity contribution in [2.75, 3.05) is 11.1 Å². The number of fused-ring (bicyclic) bond motifs is 1. The maximum absolute atomic E-state index is 12.8. The van der Waals surface area contributed by atoms with Gasteiger partial charge in [0.25, 0.3) is 0 Å². The van der Waals surface area contributed by atoms with E-state index in [9.17, 15) is 4.79 Å². The summed E-state index contributed by atoms with van der Waals surface area (Å²) in [6, 6.07) is 23.1. The van der Waals surface area contributed by atoms with E-state index < -0.39 is 0 Å². The molecule has 0 aliphatic rings. The molecule has 0 unspecified atom stereocenters. The molecule has 0 spiro atoms. The van der Waals surface area contributed by atoms with Gasteiger partial charge in [0.15, 0.2) is 0 Å². The van der Waals surface area contributed by atoms with Crippen LogP contribution < -0.4 is 5.32 Å². The van der Waals surface area contributed by atoms with E-state index in [0.29, 0.717) is 21.4 Å². The van der Waals surface area contributed by atoms with Gasteiger partial charge < -0.3 is 5.32 Å². The average Bonchev–Trinajstić information content (AvgIpc) is 3.38. The first-order valence-electron chi connectivity index (χ1n) is 10.1. The van der Waals surface area contributed by atoms with Gasteiger partial charge in [-0.3, -0.25) is 4.79 Å². The molecule has 0 fully saturated rings. The lowest BCUT2D eigenvalue weighted by Gasteiger charge is -2.12. The molecule has 0 radical (unpaired) electrons. The van der Waals surface area contributed by atoms with Crippen molar-refractivity contribution in [3.05, 3.63) is 90.5 Å². The predicted octanol–water partition coefficient (Wildman–Crippen LogP) is 5.26. The van der Waals surface area contributed by atoms with Gasteiger partial charge in [0.2, 0.25) is 5.91 Å². The smallest absolute Gasteiger partial charge is 0.234 e. The summed E-state index contributed by atoms with van der Waals surface area (Å²) < 4.78 is 1.57. The minimum absolute atomic E-state index is 0.159. The van der Waals surface area contributed by atoms with Gasteiger partial charge in [0, 0.05) is 21.4 Å². The number of carbonyl (C=O) groups excluding carboxylic acids is 1. The standard InChI is InChI=1S/C24H17ClN6OS/c25-17-10-11-21(31-15-26-14-27-31)20(12-17)28-22(32)13-33-24-19-9-5-4-8-18(19)23(29-30-24)16-6-2-1-3-7-16/h1-12,14-15H,13H2,(H,28,32). The zero-order valence-corrected chi connectivity index (χ0v) is 18.8. The van der Waals surface area contributed by atoms with Gasteiger partial charge in [-0.1, -0.05) is 78.0 Å². The minimum atomic E-state index is -0.193. The topological polar surface area (TPSA) is 85.6 Å². The largest absolute Gasteiger partial charge is 0.323 e. The second-order valence-corrected chi connectivity index (χ2v) is 8.50. The summed E-state index contributed by atoms with van der Waals surface area (Å²) in [7, 11) is 0. The quantitative estimate of drug-likeness (QED) is 0.339. The Morgan fingerprint density at radius 1 is 0.970 bits per heavy atom. The highest BCUT2D eigenvalue weighted by atomic mass is 35.5. The van der Waals surface area contributed by atoms with Gasteiger partial charge >= 0.3 is 0 Å². The Morgan fingerprint density at radius 3 is 2.55 bits per heavy atom. The molecule has 0 atom stereocenters. The van der Waals surface area contributed by atoms with Crippen molar-refractivity contribution in [3.63, 3.8) is 0 Å². The number of nitrogens with one attached hydrogen (secondary N) is 1. The molecule has 2 aromatic heterocycles. The van der Waals surface area contributed by atoms with E-state index in [-0.39, 0.29) is 11.7 Å². The SMILES string of the molecule is O=C(CSc1nnc(-c2ccccc2)c2ccccc12)Nc1cc(Cl)ccc1-n1cncn1. The van der Waals surface area contributed by atoms with Crippen LogP contribution in [0.1, 0.15) is 0 Å². The first kappa shape index (κ1) is 21.1. The summed E-state index contributed by atoms with van der Waals surface area (Å²) in [6.45, 7) is 0. The van der Waals surface area contributed by atoms with Crippen LogP contribution in [0.3, 0.4) is 0 Å². The van der Waals surface area contributed by atoms with Crippen molar-refractivity contribution in [2.45, 2.75) is 5.03 Å². The lowest BCUT2D eigenvalue weighted by atomic mass is 10.1. The molecular formula is C24H17ClN6OS. The van der Waals surface area contributed by atoms with E-state index in [0.717, 1.165) is 22.0 Å². The molecule has 162 valence electrons. The monoisotopic (exact) mass is 472 g/mol. The third-order valence-electron chi connectivity index (χ3n) is 4.94. The molecule has 0 saturated carbocycles. The van der Waals surface area contributed by atoms with Crippen LogP contribution in [0.5, 0.6) is 0 Å². The fraction of sp³-hybridized carbons (Fsp3) is 0.0417. The van der Waals surface area contributed by atoms with Crippen LogP contribution in [0, 0.1) is 0 Å². The summed E-state index contributed by atoms with van der Waals surface area (Å²) in [6.07, 6.45) is 2.99. The van der Waals surface area contributed by atoms with Crippen molar-refractivity contribution >= 4 is 45.7 Å². The number of rotatable bonds is 6. The number of amides is 1. The number of anilines is 1. The second kappa shape index (κ2) is 9.40. The third kappa shape index (κ3) is 4.57. The normalized spacial score (nSPS) is 10.9. The molecular weight excluding hydrogens is 456 g/mol. The van der Waals surface area contributed by atoms with E-state index in [1.54, 1.807) is 29.2 Å². The maximum Gasteiger partial charge on any atom is 0.234 e. The highest BCUT2D eigenvalue weighted by molar-refractivity contribution is 8.00. The zero-order valence-electron chi connectivity index (χ0n) is 17.2. The predicted molar refractivity (Wildman–Crippen MR) is 131 cm³/mol. The number of hydrogen-bond acceptors (Lipinski definition) is 6. The van der Waals surface area contributed by atoms with E-state index in [1.165, 1.54) is 18.1 Å². The van der Waals surface area contributed by atoms with Crippen molar-refractivity contribution in [1.29, 1.82) is 0 Å². The Hall–Kier alpha value is -3.75. The van der Waals surface area contributed by atoms with Crippen LogP contribution in [0.2, 0.25) is 5.02 Å². The van der Waals surface area contributed by atoms with Crippen LogP contribution in [0.4, 0.5) is 5.69 Å². The first-order valence-corrected chi connectivity index (χ1v) is 11.4. The summed E-state index contributed by atoms with van der Waals surface area (Å²) in [4.78, 5) is 16.7. The molecule has 0 aliphatic carbocycles.